The van der Waals surface area contributed by atoms with Crippen molar-refractivity contribution < 1.29 is 18.8 Å². The quantitative estimate of drug-likeness (QED) is 0.559. The SMILES string of the molecule is CC(C)OC(=O)NS(=O)NCCO. The summed E-state index contributed by atoms with van der Waals surface area (Å²) in [6.45, 7) is 3.37. The summed E-state index contributed by atoms with van der Waals surface area (Å²) in [6, 6.07) is 0. The molecule has 78 valence electrons. The molecule has 0 aromatic heterocycles. The van der Waals surface area contributed by atoms with Crippen molar-refractivity contribution in [3.63, 3.8) is 0 Å². The van der Waals surface area contributed by atoms with Crippen LogP contribution in [0.15, 0.2) is 0 Å². The third kappa shape index (κ3) is 7.69. The molecule has 1 unspecified atom stereocenters. The van der Waals surface area contributed by atoms with Crippen LogP contribution in [0.2, 0.25) is 0 Å². The Kier molecular flexibility index (Phi) is 6.47. The van der Waals surface area contributed by atoms with Crippen molar-refractivity contribution in [3.8, 4) is 0 Å². The highest BCUT2D eigenvalue weighted by atomic mass is 32.2. The Morgan fingerprint density at radius 3 is 2.69 bits per heavy atom. The normalized spacial score (nSPS) is 12.6. The molecule has 0 bridgehead atoms. The molecule has 1 atom stereocenters. The van der Waals surface area contributed by atoms with Crippen LogP contribution in [0.1, 0.15) is 13.8 Å². The molecule has 0 heterocycles. The molecule has 7 heteroatoms. The Hall–Kier alpha value is -0.660. The molecule has 0 radical (unpaired) electrons. The molecule has 3 N–H and O–H groups in total. The number of ether oxygens (including phenoxy) is 1. The second kappa shape index (κ2) is 6.81. The fourth-order valence-corrected chi connectivity index (χ4v) is 1.04. The number of nitrogens with one attached hydrogen (secondary N) is 2. The van der Waals surface area contributed by atoms with Gasteiger partial charge < -0.3 is 9.84 Å². The lowest BCUT2D eigenvalue weighted by molar-refractivity contribution is 0.121. The fourth-order valence-electron chi connectivity index (χ4n) is 0.488. The monoisotopic (exact) mass is 210 g/mol. The molecule has 0 fully saturated rings. The number of amides is 1. The first-order valence-corrected chi connectivity index (χ1v) is 4.94. The average Bonchev–Trinajstić information content (AvgIpc) is 1.98. The summed E-state index contributed by atoms with van der Waals surface area (Å²) in [7, 11) is 0. The van der Waals surface area contributed by atoms with Crippen LogP contribution in [0.25, 0.3) is 0 Å². The zero-order valence-electron chi connectivity index (χ0n) is 7.57. The summed E-state index contributed by atoms with van der Waals surface area (Å²) < 4.78 is 19.9. The summed E-state index contributed by atoms with van der Waals surface area (Å²) in [5.74, 6) is 0. The van der Waals surface area contributed by atoms with Crippen LogP contribution < -0.4 is 9.44 Å². The standard InChI is InChI=1S/C6H14N2O4S/c1-5(2)12-6(10)8-13(11)7-3-4-9/h5,7,9H,3-4H2,1-2H3,(H,8,10). The van der Waals surface area contributed by atoms with Gasteiger partial charge in [-0.25, -0.2) is 18.4 Å². The Bertz CT molecular complexity index is 185. The van der Waals surface area contributed by atoms with E-state index in [4.69, 9.17) is 5.11 Å². The van der Waals surface area contributed by atoms with Gasteiger partial charge in [-0.1, -0.05) is 0 Å². The van der Waals surface area contributed by atoms with Crippen molar-refractivity contribution in [2.75, 3.05) is 13.2 Å². The zero-order valence-corrected chi connectivity index (χ0v) is 8.39. The minimum atomic E-state index is -1.70. The van der Waals surface area contributed by atoms with E-state index < -0.39 is 17.3 Å². The van der Waals surface area contributed by atoms with Gasteiger partial charge in [0.15, 0.2) is 11.2 Å². The van der Waals surface area contributed by atoms with Gasteiger partial charge in [0.1, 0.15) is 0 Å². The smallest absolute Gasteiger partial charge is 0.420 e. The molecule has 0 saturated heterocycles. The van der Waals surface area contributed by atoms with E-state index in [9.17, 15) is 9.00 Å². The van der Waals surface area contributed by atoms with Crippen LogP contribution in [-0.4, -0.2) is 34.7 Å². The molecule has 6 nitrogen and oxygen atoms in total. The lowest BCUT2D eigenvalue weighted by Gasteiger charge is -2.08. The van der Waals surface area contributed by atoms with E-state index >= 15 is 0 Å². The molecule has 0 aromatic rings. The number of carbonyl (C=O) groups is 1. The Morgan fingerprint density at radius 2 is 2.23 bits per heavy atom. The number of hydrogen-bond donors (Lipinski definition) is 3. The molecule has 0 rings (SSSR count). The van der Waals surface area contributed by atoms with Gasteiger partial charge in [-0.15, -0.1) is 0 Å². The molecule has 0 aliphatic rings. The molecular weight excluding hydrogens is 196 g/mol. The maximum Gasteiger partial charge on any atom is 0.420 e. The minimum absolute atomic E-state index is 0.146. The van der Waals surface area contributed by atoms with E-state index in [-0.39, 0.29) is 19.3 Å². The van der Waals surface area contributed by atoms with Crippen molar-refractivity contribution in [2.45, 2.75) is 20.0 Å². The van der Waals surface area contributed by atoms with Crippen molar-refractivity contribution >= 4 is 17.3 Å². The van der Waals surface area contributed by atoms with Crippen molar-refractivity contribution in [2.24, 2.45) is 0 Å². The molecule has 0 aliphatic heterocycles. The lowest BCUT2D eigenvalue weighted by Crippen LogP contribution is -2.37. The molecule has 0 aliphatic carbocycles. The van der Waals surface area contributed by atoms with Crippen LogP contribution in [0.3, 0.4) is 0 Å². The summed E-state index contributed by atoms with van der Waals surface area (Å²) in [5.41, 5.74) is 0. The number of carbonyl (C=O) groups excluding carboxylic acids is 1. The van der Waals surface area contributed by atoms with E-state index in [1.165, 1.54) is 0 Å². The van der Waals surface area contributed by atoms with Crippen LogP contribution in [0.4, 0.5) is 4.79 Å². The Balaban J connectivity index is 3.59. The van der Waals surface area contributed by atoms with E-state index in [1.54, 1.807) is 13.8 Å². The third-order valence-corrected chi connectivity index (χ3v) is 1.68. The minimum Gasteiger partial charge on any atom is -0.446 e. The number of rotatable bonds is 5. The summed E-state index contributed by atoms with van der Waals surface area (Å²) >= 11 is -1.70. The molecule has 0 aromatic carbocycles. The number of aliphatic hydroxyl groups excluding tert-OH is 1. The molecule has 0 spiro atoms. The highest BCUT2D eigenvalue weighted by Crippen LogP contribution is 1.87. The predicted octanol–water partition coefficient (Wildman–Crippen LogP) is -0.718. The van der Waals surface area contributed by atoms with Gasteiger partial charge in [-0.2, -0.15) is 0 Å². The van der Waals surface area contributed by atoms with Gasteiger partial charge in [-0.05, 0) is 13.8 Å². The van der Waals surface area contributed by atoms with E-state index in [2.05, 4.69) is 9.46 Å². The third-order valence-electron chi connectivity index (χ3n) is 0.864. The summed E-state index contributed by atoms with van der Waals surface area (Å²) in [5, 5.41) is 8.35. The van der Waals surface area contributed by atoms with Crippen molar-refractivity contribution in [1.82, 2.24) is 9.44 Å². The van der Waals surface area contributed by atoms with Crippen molar-refractivity contribution in [3.05, 3.63) is 0 Å². The van der Waals surface area contributed by atoms with E-state index in [1.807, 2.05) is 4.72 Å². The van der Waals surface area contributed by atoms with Crippen LogP contribution >= 0.6 is 0 Å². The largest absolute Gasteiger partial charge is 0.446 e. The number of hydrogen-bond acceptors (Lipinski definition) is 4. The first-order valence-electron chi connectivity index (χ1n) is 3.79. The molecule has 0 saturated carbocycles. The summed E-state index contributed by atoms with van der Waals surface area (Å²) in [6.07, 6.45) is -1.01. The second-order valence-corrected chi connectivity index (χ2v) is 3.47. The van der Waals surface area contributed by atoms with Gasteiger partial charge in [0.2, 0.25) is 0 Å². The first kappa shape index (κ1) is 12.3. The maximum atomic E-state index is 10.9. The Morgan fingerprint density at radius 1 is 1.62 bits per heavy atom. The molecular formula is C6H14N2O4S. The van der Waals surface area contributed by atoms with Gasteiger partial charge >= 0.3 is 6.09 Å². The van der Waals surface area contributed by atoms with E-state index in [0.717, 1.165) is 0 Å². The molecule has 13 heavy (non-hydrogen) atoms. The van der Waals surface area contributed by atoms with Crippen LogP contribution in [-0.2, 0) is 15.9 Å². The molecule has 1 amide bonds. The fraction of sp³-hybridized carbons (Fsp3) is 0.833. The average molecular weight is 210 g/mol. The predicted molar refractivity (Wildman–Crippen MR) is 48.0 cm³/mol. The van der Waals surface area contributed by atoms with E-state index in [0.29, 0.717) is 0 Å². The second-order valence-electron chi connectivity index (χ2n) is 2.44. The maximum absolute atomic E-state index is 10.9. The summed E-state index contributed by atoms with van der Waals surface area (Å²) in [4.78, 5) is 10.8. The highest BCUT2D eigenvalue weighted by molar-refractivity contribution is 7.81. The topological polar surface area (TPSA) is 87.7 Å². The van der Waals surface area contributed by atoms with Gasteiger partial charge in [-0.3, -0.25) is 0 Å². The zero-order chi connectivity index (χ0) is 10.3. The number of aliphatic hydroxyl groups is 1. The van der Waals surface area contributed by atoms with Crippen LogP contribution in [0, 0.1) is 0 Å². The van der Waals surface area contributed by atoms with Gasteiger partial charge in [0.25, 0.3) is 0 Å². The van der Waals surface area contributed by atoms with Gasteiger partial charge in [0.05, 0.1) is 12.7 Å². The van der Waals surface area contributed by atoms with Gasteiger partial charge in [0, 0.05) is 6.54 Å². The highest BCUT2D eigenvalue weighted by Gasteiger charge is 2.07. The van der Waals surface area contributed by atoms with Crippen LogP contribution in [0.5, 0.6) is 0 Å². The Labute approximate surface area is 79.4 Å². The first-order chi connectivity index (χ1) is 6.06. The lowest BCUT2D eigenvalue weighted by atomic mass is 10.5. The van der Waals surface area contributed by atoms with Crippen molar-refractivity contribution in [1.29, 1.82) is 0 Å².